The monoisotopic (exact) mass is 258 g/mol. The molecule has 0 spiro atoms. The highest BCUT2D eigenvalue weighted by atomic mass is 32.2. The fraction of sp³-hybridized carbons (Fsp3) is 0.417. The third-order valence-electron chi connectivity index (χ3n) is 2.35. The summed E-state index contributed by atoms with van der Waals surface area (Å²) in [6, 6.07) is 4.16. The number of thioether (sulfide) groups is 1. The Labute approximate surface area is 104 Å². The molecule has 2 N–H and O–H groups in total. The van der Waals surface area contributed by atoms with Crippen molar-refractivity contribution in [2.75, 3.05) is 5.75 Å². The first-order valence-corrected chi connectivity index (χ1v) is 6.16. The maximum atomic E-state index is 13.0. The van der Waals surface area contributed by atoms with Gasteiger partial charge >= 0.3 is 0 Å². The molecule has 1 rings (SSSR count). The van der Waals surface area contributed by atoms with Crippen LogP contribution >= 0.6 is 11.8 Å². The zero-order valence-corrected chi connectivity index (χ0v) is 10.5. The van der Waals surface area contributed by atoms with E-state index in [0.29, 0.717) is 11.1 Å². The second-order valence-corrected chi connectivity index (χ2v) is 5.02. The molecule has 0 saturated heterocycles. The van der Waals surface area contributed by atoms with E-state index in [1.165, 1.54) is 25.1 Å². The lowest BCUT2D eigenvalue weighted by atomic mass is 10.0. The summed E-state index contributed by atoms with van der Waals surface area (Å²) in [4.78, 5) is 10.7. The van der Waals surface area contributed by atoms with Crippen LogP contribution in [0, 0.1) is 12.7 Å². The molecule has 0 aliphatic rings. The van der Waals surface area contributed by atoms with E-state index in [1.54, 1.807) is 6.92 Å². The van der Waals surface area contributed by atoms with E-state index in [0.717, 1.165) is 11.8 Å². The molecular weight excluding hydrogens is 243 g/mol. The molecule has 5 heteroatoms. The molecule has 0 saturated carbocycles. The van der Waals surface area contributed by atoms with Gasteiger partial charge in [0.1, 0.15) is 11.9 Å². The van der Waals surface area contributed by atoms with Crippen LogP contribution in [0.15, 0.2) is 18.2 Å². The average Bonchev–Trinajstić information content (AvgIpc) is 2.28. The summed E-state index contributed by atoms with van der Waals surface area (Å²) < 4.78 is 13.0. The van der Waals surface area contributed by atoms with Gasteiger partial charge in [0.15, 0.2) is 5.12 Å². The second kappa shape index (κ2) is 6.14. The predicted octanol–water partition coefficient (Wildman–Crippen LogP) is 1.81. The van der Waals surface area contributed by atoms with Gasteiger partial charge in [-0.25, -0.2) is 4.39 Å². The minimum atomic E-state index is -1.11. The van der Waals surface area contributed by atoms with Gasteiger partial charge < -0.3 is 10.2 Å². The molecule has 17 heavy (non-hydrogen) atoms. The van der Waals surface area contributed by atoms with E-state index >= 15 is 0 Å². The molecule has 0 fully saturated rings. The Balaban J connectivity index is 2.70. The Morgan fingerprint density at radius 2 is 2.12 bits per heavy atom. The van der Waals surface area contributed by atoms with Gasteiger partial charge in [-0.1, -0.05) is 23.9 Å². The summed E-state index contributed by atoms with van der Waals surface area (Å²) in [6.07, 6.45) is -2.16. The fourth-order valence-electron chi connectivity index (χ4n) is 1.37. The number of aliphatic hydroxyl groups is 2. The van der Waals surface area contributed by atoms with Crippen LogP contribution < -0.4 is 0 Å². The number of aliphatic hydroxyl groups excluding tert-OH is 2. The lowest BCUT2D eigenvalue weighted by Gasteiger charge is -2.17. The number of rotatable bonds is 4. The highest BCUT2D eigenvalue weighted by molar-refractivity contribution is 8.13. The molecular formula is C12H15FO3S. The standard InChI is InChI=1S/C12H15FO3S/c1-7-5-9(3-4-10(7)13)12(16)11(15)6-17-8(2)14/h3-5,11-12,15-16H,6H2,1-2H3. The zero-order chi connectivity index (χ0) is 13.0. The van der Waals surface area contributed by atoms with Gasteiger partial charge in [-0.2, -0.15) is 0 Å². The molecule has 94 valence electrons. The first kappa shape index (κ1) is 14.2. The fourth-order valence-corrected chi connectivity index (χ4v) is 1.96. The Hall–Kier alpha value is -0.910. The number of benzene rings is 1. The van der Waals surface area contributed by atoms with Crippen LogP contribution in [0.2, 0.25) is 0 Å². The van der Waals surface area contributed by atoms with Crippen molar-refractivity contribution in [1.82, 2.24) is 0 Å². The molecule has 1 aromatic rings. The van der Waals surface area contributed by atoms with Crippen LogP contribution in [0.4, 0.5) is 4.39 Å². The van der Waals surface area contributed by atoms with Crippen LogP contribution in [-0.4, -0.2) is 27.2 Å². The van der Waals surface area contributed by atoms with Gasteiger partial charge in [-0.15, -0.1) is 0 Å². The molecule has 0 aromatic heterocycles. The number of carbonyl (C=O) groups is 1. The smallest absolute Gasteiger partial charge is 0.185 e. The summed E-state index contributed by atoms with van der Waals surface area (Å²) in [5.74, 6) is -0.235. The minimum absolute atomic E-state index is 0.118. The van der Waals surface area contributed by atoms with Gasteiger partial charge in [0.25, 0.3) is 0 Å². The van der Waals surface area contributed by atoms with Crippen molar-refractivity contribution in [2.45, 2.75) is 26.1 Å². The summed E-state index contributed by atoms with van der Waals surface area (Å²) in [5, 5.41) is 19.4. The van der Waals surface area contributed by atoms with Gasteiger partial charge in [0, 0.05) is 12.7 Å². The lowest BCUT2D eigenvalue weighted by Crippen LogP contribution is -2.21. The van der Waals surface area contributed by atoms with Crippen LogP contribution in [0.25, 0.3) is 0 Å². The summed E-state index contributed by atoms with van der Waals surface area (Å²) in [6.45, 7) is 2.98. The Bertz CT molecular complexity index is 409. The maximum Gasteiger partial charge on any atom is 0.185 e. The SMILES string of the molecule is CC(=O)SCC(O)C(O)c1ccc(F)c(C)c1. The number of hydrogen-bond donors (Lipinski definition) is 2. The summed E-state index contributed by atoms with van der Waals surface area (Å²) in [5.41, 5.74) is 0.855. The van der Waals surface area contributed by atoms with E-state index in [9.17, 15) is 19.4 Å². The molecule has 2 atom stereocenters. The third-order valence-corrected chi connectivity index (χ3v) is 3.26. The van der Waals surface area contributed by atoms with Crippen molar-refractivity contribution in [2.24, 2.45) is 0 Å². The van der Waals surface area contributed by atoms with E-state index in [1.807, 2.05) is 0 Å². The van der Waals surface area contributed by atoms with E-state index in [-0.39, 0.29) is 16.7 Å². The molecule has 0 heterocycles. The molecule has 1 aromatic carbocycles. The highest BCUT2D eigenvalue weighted by Crippen LogP contribution is 2.22. The van der Waals surface area contributed by atoms with Crippen molar-refractivity contribution in [3.05, 3.63) is 35.1 Å². The minimum Gasteiger partial charge on any atom is -0.389 e. The highest BCUT2D eigenvalue weighted by Gasteiger charge is 2.19. The number of carbonyl (C=O) groups excluding carboxylic acids is 1. The molecule has 0 aliphatic heterocycles. The first-order chi connectivity index (χ1) is 7.91. The first-order valence-electron chi connectivity index (χ1n) is 5.17. The van der Waals surface area contributed by atoms with Gasteiger partial charge in [-0.05, 0) is 24.1 Å². The largest absolute Gasteiger partial charge is 0.389 e. The number of halogens is 1. The van der Waals surface area contributed by atoms with E-state index in [4.69, 9.17) is 0 Å². The molecule has 0 radical (unpaired) electrons. The van der Waals surface area contributed by atoms with Gasteiger partial charge in [0.05, 0.1) is 6.10 Å². The summed E-state index contributed by atoms with van der Waals surface area (Å²) >= 11 is 0.947. The molecule has 0 aliphatic carbocycles. The molecule has 3 nitrogen and oxygen atoms in total. The van der Waals surface area contributed by atoms with Crippen molar-refractivity contribution in [3.63, 3.8) is 0 Å². The molecule has 0 bridgehead atoms. The molecule has 0 amide bonds. The van der Waals surface area contributed by atoms with Crippen molar-refractivity contribution in [1.29, 1.82) is 0 Å². The Morgan fingerprint density at radius 1 is 1.47 bits per heavy atom. The van der Waals surface area contributed by atoms with E-state index in [2.05, 4.69) is 0 Å². The molecule has 2 unspecified atom stereocenters. The number of hydrogen-bond acceptors (Lipinski definition) is 4. The number of aryl methyl sites for hydroxylation is 1. The van der Waals surface area contributed by atoms with E-state index < -0.39 is 12.2 Å². The average molecular weight is 258 g/mol. The Kier molecular flexibility index (Phi) is 5.11. The van der Waals surface area contributed by atoms with Crippen LogP contribution in [0.5, 0.6) is 0 Å². The van der Waals surface area contributed by atoms with Crippen LogP contribution in [0.1, 0.15) is 24.2 Å². The topological polar surface area (TPSA) is 57.5 Å². The van der Waals surface area contributed by atoms with Crippen LogP contribution in [0.3, 0.4) is 0 Å². The van der Waals surface area contributed by atoms with Gasteiger partial charge in [0.2, 0.25) is 0 Å². The normalized spacial score (nSPS) is 14.4. The zero-order valence-electron chi connectivity index (χ0n) is 9.68. The quantitative estimate of drug-likeness (QED) is 0.864. The predicted molar refractivity (Wildman–Crippen MR) is 65.2 cm³/mol. The third kappa shape index (κ3) is 4.11. The Morgan fingerprint density at radius 3 is 2.65 bits per heavy atom. The van der Waals surface area contributed by atoms with Crippen molar-refractivity contribution < 1.29 is 19.4 Å². The van der Waals surface area contributed by atoms with Gasteiger partial charge in [-0.3, -0.25) is 4.79 Å². The maximum absolute atomic E-state index is 13.0. The van der Waals surface area contributed by atoms with Crippen molar-refractivity contribution >= 4 is 16.9 Å². The van der Waals surface area contributed by atoms with Crippen molar-refractivity contribution in [3.8, 4) is 0 Å². The van der Waals surface area contributed by atoms with Crippen LogP contribution in [-0.2, 0) is 4.79 Å². The lowest BCUT2D eigenvalue weighted by molar-refractivity contribution is -0.109. The summed E-state index contributed by atoms with van der Waals surface area (Å²) in [7, 11) is 0. The second-order valence-electron chi connectivity index (χ2n) is 3.82.